The van der Waals surface area contributed by atoms with Crippen molar-refractivity contribution in [2.75, 3.05) is 6.54 Å². The highest BCUT2D eigenvalue weighted by atomic mass is 16.2. The van der Waals surface area contributed by atoms with Gasteiger partial charge in [0.1, 0.15) is 6.29 Å². The van der Waals surface area contributed by atoms with E-state index in [2.05, 4.69) is 29.6 Å². The van der Waals surface area contributed by atoms with Crippen molar-refractivity contribution in [3.05, 3.63) is 71.8 Å². The summed E-state index contributed by atoms with van der Waals surface area (Å²) in [5.74, 6) is 0. The Morgan fingerprint density at radius 3 is 2.11 bits per heavy atom. The molecular formula is C23H30N2O2. The third-order valence-electron chi connectivity index (χ3n) is 4.61. The van der Waals surface area contributed by atoms with E-state index in [9.17, 15) is 9.59 Å². The van der Waals surface area contributed by atoms with Crippen molar-refractivity contribution < 1.29 is 9.59 Å². The van der Waals surface area contributed by atoms with Gasteiger partial charge in [0.05, 0.1) is 6.04 Å². The van der Waals surface area contributed by atoms with Crippen LogP contribution >= 0.6 is 0 Å². The van der Waals surface area contributed by atoms with Crippen LogP contribution in [0.15, 0.2) is 60.7 Å². The summed E-state index contributed by atoms with van der Waals surface area (Å²) in [4.78, 5) is 25.9. The first kappa shape index (κ1) is 20.7. The number of aryl methyl sites for hydroxylation is 1. The molecule has 2 aromatic rings. The average molecular weight is 367 g/mol. The van der Waals surface area contributed by atoms with E-state index in [1.165, 1.54) is 5.56 Å². The number of unbranched alkanes of at least 4 members (excludes halogenated alkanes) is 1. The molecule has 2 amide bonds. The van der Waals surface area contributed by atoms with Gasteiger partial charge in [0.25, 0.3) is 0 Å². The van der Waals surface area contributed by atoms with Crippen molar-refractivity contribution in [2.45, 2.75) is 51.6 Å². The first-order valence-electron chi connectivity index (χ1n) is 9.70. The summed E-state index contributed by atoms with van der Waals surface area (Å²) in [6.07, 6.45) is 4.31. The number of carbonyl (C=O) groups is 2. The Morgan fingerprint density at radius 1 is 0.963 bits per heavy atom. The van der Waals surface area contributed by atoms with Gasteiger partial charge in [0, 0.05) is 12.6 Å². The predicted molar refractivity (Wildman–Crippen MR) is 110 cm³/mol. The van der Waals surface area contributed by atoms with Crippen LogP contribution in [0.4, 0.5) is 4.79 Å². The molecule has 0 bridgehead atoms. The SMILES string of the molecule is CC(C)N(CCCCc1ccccc1)C(=O)N[C@H](C=O)Cc1ccccc1. The third kappa shape index (κ3) is 7.26. The normalized spacial score (nSPS) is 11.8. The van der Waals surface area contributed by atoms with Crippen LogP contribution in [0.5, 0.6) is 0 Å². The summed E-state index contributed by atoms with van der Waals surface area (Å²) in [5, 5.41) is 2.87. The summed E-state index contributed by atoms with van der Waals surface area (Å²) in [6, 6.07) is 19.5. The van der Waals surface area contributed by atoms with Gasteiger partial charge in [-0.15, -0.1) is 0 Å². The van der Waals surface area contributed by atoms with Crippen LogP contribution in [0.1, 0.15) is 37.8 Å². The molecule has 2 aromatic carbocycles. The van der Waals surface area contributed by atoms with Crippen LogP contribution in [0.25, 0.3) is 0 Å². The summed E-state index contributed by atoms with van der Waals surface area (Å²) in [5.41, 5.74) is 2.36. The minimum Gasteiger partial charge on any atom is -0.328 e. The molecule has 0 saturated carbocycles. The maximum Gasteiger partial charge on any atom is 0.318 e. The smallest absolute Gasteiger partial charge is 0.318 e. The maximum absolute atomic E-state index is 12.7. The second kappa shape index (κ2) is 11.2. The zero-order valence-electron chi connectivity index (χ0n) is 16.3. The lowest BCUT2D eigenvalue weighted by molar-refractivity contribution is -0.109. The van der Waals surface area contributed by atoms with Crippen LogP contribution in [0, 0.1) is 0 Å². The summed E-state index contributed by atoms with van der Waals surface area (Å²) in [7, 11) is 0. The maximum atomic E-state index is 12.7. The van der Waals surface area contributed by atoms with Crippen LogP contribution < -0.4 is 5.32 Å². The second-order valence-electron chi connectivity index (χ2n) is 7.11. The molecule has 0 aliphatic carbocycles. The molecule has 4 heteroatoms. The van der Waals surface area contributed by atoms with E-state index >= 15 is 0 Å². The number of amides is 2. The lowest BCUT2D eigenvalue weighted by Crippen LogP contribution is -2.49. The number of carbonyl (C=O) groups excluding carboxylic acids is 2. The predicted octanol–water partition coefficient (Wildman–Crippen LogP) is 4.24. The van der Waals surface area contributed by atoms with Crippen molar-refractivity contribution >= 4 is 12.3 Å². The Labute approximate surface area is 162 Å². The molecule has 0 fully saturated rings. The highest BCUT2D eigenvalue weighted by Gasteiger charge is 2.20. The molecule has 0 aliphatic rings. The largest absolute Gasteiger partial charge is 0.328 e. The van der Waals surface area contributed by atoms with Gasteiger partial charge in [-0.2, -0.15) is 0 Å². The van der Waals surface area contributed by atoms with Gasteiger partial charge in [0.2, 0.25) is 0 Å². The van der Waals surface area contributed by atoms with Gasteiger partial charge in [-0.05, 0) is 50.7 Å². The van der Waals surface area contributed by atoms with Gasteiger partial charge in [0.15, 0.2) is 0 Å². The van der Waals surface area contributed by atoms with Gasteiger partial charge in [-0.1, -0.05) is 60.7 Å². The Morgan fingerprint density at radius 2 is 1.56 bits per heavy atom. The first-order valence-corrected chi connectivity index (χ1v) is 9.70. The van der Waals surface area contributed by atoms with Crippen LogP contribution in [-0.2, 0) is 17.6 Å². The fourth-order valence-corrected chi connectivity index (χ4v) is 3.09. The van der Waals surface area contributed by atoms with Gasteiger partial charge in [-0.3, -0.25) is 0 Å². The number of hydrogen-bond acceptors (Lipinski definition) is 2. The Bertz CT molecular complexity index is 686. The minimum atomic E-state index is -0.509. The van der Waals surface area contributed by atoms with E-state index in [4.69, 9.17) is 0 Å². The fraction of sp³-hybridized carbons (Fsp3) is 0.391. The van der Waals surface area contributed by atoms with E-state index in [0.717, 1.165) is 31.1 Å². The fourth-order valence-electron chi connectivity index (χ4n) is 3.09. The van der Waals surface area contributed by atoms with E-state index in [1.807, 2.05) is 55.1 Å². The number of nitrogens with one attached hydrogen (secondary N) is 1. The van der Waals surface area contributed by atoms with Crippen molar-refractivity contribution in [1.29, 1.82) is 0 Å². The number of rotatable bonds is 10. The molecule has 1 atom stereocenters. The van der Waals surface area contributed by atoms with Crippen LogP contribution in [0.2, 0.25) is 0 Å². The Hall–Kier alpha value is -2.62. The molecule has 0 heterocycles. The van der Waals surface area contributed by atoms with E-state index in [-0.39, 0.29) is 12.1 Å². The van der Waals surface area contributed by atoms with Crippen LogP contribution in [0.3, 0.4) is 0 Å². The molecule has 27 heavy (non-hydrogen) atoms. The number of benzene rings is 2. The third-order valence-corrected chi connectivity index (χ3v) is 4.61. The molecule has 0 aromatic heterocycles. The highest BCUT2D eigenvalue weighted by molar-refractivity contribution is 5.78. The molecule has 144 valence electrons. The molecule has 0 saturated heterocycles. The lowest BCUT2D eigenvalue weighted by Gasteiger charge is -2.28. The molecular weight excluding hydrogens is 336 g/mol. The molecule has 0 aliphatic heterocycles. The van der Waals surface area contributed by atoms with Crippen molar-refractivity contribution in [3.8, 4) is 0 Å². The monoisotopic (exact) mass is 366 g/mol. The van der Waals surface area contributed by atoms with Crippen molar-refractivity contribution in [1.82, 2.24) is 10.2 Å². The average Bonchev–Trinajstić information content (AvgIpc) is 2.68. The number of aldehydes is 1. The van der Waals surface area contributed by atoms with E-state index < -0.39 is 6.04 Å². The summed E-state index contributed by atoms with van der Waals surface area (Å²) < 4.78 is 0. The van der Waals surface area contributed by atoms with Gasteiger partial charge in [-0.25, -0.2) is 4.79 Å². The number of hydrogen-bond donors (Lipinski definition) is 1. The highest BCUT2D eigenvalue weighted by Crippen LogP contribution is 2.08. The lowest BCUT2D eigenvalue weighted by atomic mass is 10.1. The first-order chi connectivity index (χ1) is 13.1. The van der Waals surface area contributed by atoms with Gasteiger partial charge < -0.3 is 15.0 Å². The Balaban J connectivity index is 1.82. The van der Waals surface area contributed by atoms with Crippen molar-refractivity contribution in [2.24, 2.45) is 0 Å². The quantitative estimate of drug-likeness (QED) is 0.505. The van der Waals surface area contributed by atoms with Crippen LogP contribution in [-0.4, -0.2) is 35.8 Å². The Kier molecular flexibility index (Phi) is 8.56. The zero-order valence-corrected chi connectivity index (χ0v) is 16.3. The molecule has 0 radical (unpaired) electrons. The second-order valence-corrected chi connectivity index (χ2v) is 7.11. The summed E-state index contributed by atoms with van der Waals surface area (Å²) in [6.45, 7) is 4.70. The summed E-state index contributed by atoms with van der Waals surface area (Å²) >= 11 is 0. The topological polar surface area (TPSA) is 49.4 Å². The van der Waals surface area contributed by atoms with E-state index in [1.54, 1.807) is 0 Å². The minimum absolute atomic E-state index is 0.0887. The van der Waals surface area contributed by atoms with E-state index in [0.29, 0.717) is 13.0 Å². The van der Waals surface area contributed by atoms with Gasteiger partial charge >= 0.3 is 6.03 Å². The molecule has 0 spiro atoms. The molecule has 1 N–H and O–H groups in total. The number of nitrogens with zero attached hydrogens (tertiary/aromatic N) is 1. The molecule has 2 rings (SSSR count). The number of urea groups is 1. The zero-order chi connectivity index (χ0) is 19.5. The molecule has 4 nitrogen and oxygen atoms in total. The molecule has 0 unspecified atom stereocenters. The van der Waals surface area contributed by atoms with Crippen molar-refractivity contribution in [3.63, 3.8) is 0 Å². The standard InChI is InChI=1S/C23H30N2O2/c1-19(2)25(16-10-9-13-20-11-5-3-6-12-20)23(27)24-22(18-26)17-21-14-7-4-8-15-21/h3-8,11-12,14-15,18-19,22H,9-10,13,16-17H2,1-2H3,(H,24,27)/t22-/m0/s1.